The number of likely N-dealkylation sites (tertiary alicyclic amines) is 2. The number of nitrogens with zero attached hydrogens (tertiary/aromatic N) is 7. The molecule has 3 aliphatic carbocycles. The van der Waals surface area contributed by atoms with Crippen molar-refractivity contribution >= 4 is 23.9 Å². The highest BCUT2D eigenvalue weighted by Crippen LogP contribution is 2.32. The van der Waals surface area contributed by atoms with Crippen LogP contribution in [0.1, 0.15) is 158 Å². The summed E-state index contributed by atoms with van der Waals surface area (Å²) >= 11 is 0. The maximum Gasteiger partial charge on any atom is 0.320 e. The van der Waals surface area contributed by atoms with E-state index < -0.39 is 112 Å². The molecule has 0 aromatic heterocycles. The van der Waals surface area contributed by atoms with E-state index in [2.05, 4.69) is 33.6 Å². The van der Waals surface area contributed by atoms with Crippen molar-refractivity contribution in [2.24, 2.45) is 0 Å². The van der Waals surface area contributed by atoms with Crippen LogP contribution in [0.25, 0.3) is 0 Å². The Morgan fingerprint density at radius 1 is 0.257 bits per heavy atom. The number of halogens is 14. The first-order valence-corrected chi connectivity index (χ1v) is 40.2. The van der Waals surface area contributed by atoms with E-state index in [1.54, 1.807) is 0 Å². The van der Waals surface area contributed by atoms with E-state index in [9.17, 15) is 80.6 Å². The summed E-state index contributed by atoms with van der Waals surface area (Å²) in [6.07, 6.45) is 19.2. The van der Waals surface area contributed by atoms with Crippen LogP contribution in [0.2, 0.25) is 0 Å². The smallest absolute Gasteiger partial charge is 0.320 e. The topological polar surface area (TPSA) is 202 Å². The van der Waals surface area contributed by atoms with Gasteiger partial charge in [0.25, 0.3) is 41.5 Å². The lowest BCUT2D eigenvalue weighted by molar-refractivity contribution is -0.156. The Morgan fingerprint density at radius 2 is 0.442 bits per heavy atom. The molecular formula is C76H131F14N7O16. The Morgan fingerprint density at radius 3 is 0.655 bits per heavy atom. The van der Waals surface area contributed by atoms with Gasteiger partial charge < -0.3 is 56.8 Å². The van der Waals surface area contributed by atoms with Crippen LogP contribution >= 0.6 is 0 Å². The number of alkyl halides is 14. The van der Waals surface area contributed by atoms with Crippen molar-refractivity contribution in [2.75, 3.05) is 230 Å². The fourth-order valence-corrected chi connectivity index (χ4v) is 13.8. The van der Waals surface area contributed by atoms with Gasteiger partial charge in [-0.1, -0.05) is 44.9 Å². The highest BCUT2D eigenvalue weighted by molar-refractivity contribution is 5.72. The highest BCUT2D eigenvalue weighted by Gasteiger charge is 2.39. The number of carbonyl (C=O) groups is 4. The third kappa shape index (κ3) is 51.4. The summed E-state index contributed by atoms with van der Waals surface area (Å²) in [5.74, 6) is -22.4. The van der Waals surface area contributed by atoms with E-state index in [4.69, 9.17) is 37.9 Å². The number of rotatable bonds is 28. The summed E-state index contributed by atoms with van der Waals surface area (Å²) < 4.78 is 236. The monoisotopic (exact) mass is 1660 g/mol. The van der Waals surface area contributed by atoms with Gasteiger partial charge in [0.2, 0.25) is 0 Å². The number of hydrogen-bond donors (Lipinski definition) is 0. The molecule has 10 fully saturated rings. The van der Waals surface area contributed by atoms with Crippen molar-refractivity contribution in [3.63, 3.8) is 0 Å². The largest absolute Gasteiger partial charge is 0.458 e. The molecule has 37 heteroatoms. The molecule has 0 N–H and O–H groups in total. The average molecular weight is 1660 g/mol. The van der Waals surface area contributed by atoms with E-state index >= 15 is 0 Å². The molecule has 664 valence electrons. The summed E-state index contributed by atoms with van der Waals surface area (Å²) in [6, 6.07) is 1.06. The van der Waals surface area contributed by atoms with Gasteiger partial charge in [-0.3, -0.25) is 53.5 Å². The molecule has 23 nitrogen and oxygen atoms in total. The Hall–Kier alpha value is -3.70. The summed E-state index contributed by atoms with van der Waals surface area (Å²) in [6.45, 7) is 18.5. The predicted molar refractivity (Wildman–Crippen MR) is 392 cm³/mol. The maximum atomic E-state index is 12.9. The molecule has 113 heavy (non-hydrogen) atoms. The van der Waals surface area contributed by atoms with Gasteiger partial charge in [0.1, 0.15) is 19.8 Å². The number of esters is 4. The second kappa shape index (κ2) is 53.1. The van der Waals surface area contributed by atoms with Crippen molar-refractivity contribution in [1.82, 2.24) is 34.3 Å². The zero-order chi connectivity index (χ0) is 83.6. The average Bonchev–Trinajstić information content (AvgIpc) is 1.16. The minimum atomic E-state index is -2.96. The molecule has 7 saturated heterocycles. The van der Waals surface area contributed by atoms with Crippen molar-refractivity contribution in [3.05, 3.63) is 0 Å². The van der Waals surface area contributed by atoms with Crippen LogP contribution in [0, 0.1) is 0 Å². The minimum Gasteiger partial charge on any atom is -0.458 e. The van der Waals surface area contributed by atoms with Gasteiger partial charge in [0, 0.05) is 132 Å². The van der Waals surface area contributed by atoms with Gasteiger partial charge >= 0.3 is 23.9 Å². The molecule has 0 radical (unpaired) electrons. The SMILES string of the molecule is CC(F)(F)COC(=O)CN1CCOCC1.CC(F)(F)COC(=O)CN1CCOCC1.CC(F)(F)COC(=O)CN1CCOCC1.CC(F)(F)COC(=O)CN1CCOCC1.CC(F)(F)COC1CCCCC1N1CCCC1.CC(F)(F)COC1CCCCC1N1CCCCC1.CC(F)(F)COC1CCCCC1N1CCOCC1. The highest BCUT2D eigenvalue weighted by atomic mass is 19.3. The van der Waals surface area contributed by atoms with Gasteiger partial charge in [-0.2, -0.15) is 0 Å². The Labute approximate surface area is 659 Å². The zero-order valence-corrected chi connectivity index (χ0v) is 67.7. The summed E-state index contributed by atoms with van der Waals surface area (Å²) in [5, 5.41) is 0. The second-order valence-electron chi connectivity index (χ2n) is 31.3. The van der Waals surface area contributed by atoms with Gasteiger partial charge in [-0.15, -0.1) is 0 Å². The van der Waals surface area contributed by atoms with Gasteiger partial charge in [-0.25, -0.2) is 61.5 Å². The molecule has 0 spiro atoms. The van der Waals surface area contributed by atoms with Gasteiger partial charge in [0.05, 0.1) is 111 Å². The molecule has 0 amide bonds. The molecule has 0 aromatic rings. The molecule has 0 aromatic carbocycles. The summed E-state index contributed by atoms with van der Waals surface area (Å²) in [7, 11) is 0. The normalized spacial score (nSPS) is 24.9. The Balaban J connectivity index is 0.000000278. The van der Waals surface area contributed by atoms with E-state index in [0.29, 0.717) is 123 Å². The van der Waals surface area contributed by atoms with Crippen molar-refractivity contribution in [2.45, 2.75) is 236 Å². The maximum absolute atomic E-state index is 12.9. The quantitative estimate of drug-likeness (QED) is 0.0406. The number of ether oxygens (including phenoxy) is 12. The van der Waals surface area contributed by atoms with Crippen LogP contribution in [0.3, 0.4) is 0 Å². The molecule has 10 aliphatic rings. The fraction of sp³-hybridized carbons (Fsp3) is 0.947. The molecular weight excluding hydrogens is 1530 g/mol. The molecule has 3 saturated carbocycles. The first-order valence-electron chi connectivity index (χ1n) is 40.2. The van der Waals surface area contributed by atoms with Crippen LogP contribution < -0.4 is 0 Å². The Kier molecular flexibility index (Phi) is 47.7. The third-order valence-corrected chi connectivity index (χ3v) is 19.4. The second-order valence-corrected chi connectivity index (χ2v) is 31.3. The summed E-state index contributed by atoms with van der Waals surface area (Å²) in [4.78, 5) is 59.0. The lowest BCUT2D eigenvalue weighted by atomic mass is 9.90. The molecule has 6 atom stereocenters. The van der Waals surface area contributed by atoms with Crippen LogP contribution in [0.15, 0.2) is 0 Å². The van der Waals surface area contributed by atoms with E-state index in [1.807, 2.05) is 19.6 Å². The third-order valence-electron chi connectivity index (χ3n) is 19.4. The van der Waals surface area contributed by atoms with Crippen molar-refractivity contribution < 1.29 is 137 Å². The number of piperidine rings is 1. The van der Waals surface area contributed by atoms with Gasteiger partial charge in [-0.05, 0) is 90.4 Å². The van der Waals surface area contributed by atoms with E-state index in [-0.39, 0.29) is 44.5 Å². The molecule has 7 heterocycles. The van der Waals surface area contributed by atoms with Crippen LogP contribution in [0.4, 0.5) is 61.5 Å². The molecule has 10 rings (SSSR count). The van der Waals surface area contributed by atoms with E-state index in [0.717, 1.165) is 159 Å². The number of carbonyl (C=O) groups excluding carboxylic acids is 4. The van der Waals surface area contributed by atoms with Crippen LogP contribution in [-0.4, -0.2) is 366 Å². The number of hydrogen-bond acceptors (Lipinski definition) is 23. The lowest BCUT2D eigenvalue weighted by Gasteiger charge is -2.41. The lowest BCUT2D eigenvalue weighted by Crippen LogP contribution is -2.51. The fourth-order valence-electron chi connectivity index (χ4n) is 13.8. The van der Waals surface area contributed by atoms with E-state index in [1.165, 1.54) is 51.4 Å². The minimum absolute atomic E-state index is 0.0164. The van der Waals surface area contributed by atoms with Gasteiger partial charge in [0.15, 0.2) is 26.4 Å². The molecule has 6 unspecified atom stereocenters. The zero-order valence-electron chi connectivity index (χ0n) is 67.7. The Bertz CT molecular complexity index is 2300. The van der Waals surface area contributed by atoms with Crippen molar-refractivity contribution in [3.8, 4) is 0 Å². The molecule has 0 bridgehead atoms. The first-order chi connectivity index (χ1) is 53.1. The standard InChI is InChI=1S/C14H25F2NO.C13H23F2NO2.C13H23F2NO.4C9H15F2NO3/c1-14(15,16)11-18-13-8-4-3-7-12(13)17-9-5-2-6-10-17;1-13(14,15)10-18-12-5-3-2-4-11(12)16-6-8-17-9-7-16;1-13(14,15)10-17-12-7-3-2-6-11(12)16-8-4-5-9-16;4*1-9(10,11)7-15-8(13)6-12-2-4-14-5-3-12/h12-13H,2-11H2,1H3;11-12H,2-10H2,1H3;11-12H,2-10H2,1H3;4*2-7H2,1H3. The predicted octanol–water partition coefficient (Wildman–Crippen LogP) is 10.9. The number of morpholine rings is 5. The molecule has 7 aliphatic heterocycles. The summed E-state index contributed by atoms with van der Waals surface area (Å²) in [5.41, 5.74) is 0. The first kappa shape index (κ1) is 102. The van der Waals surface area contributed by atoms with Crippen LogP contribution in [-0.2, 0) is 76.0 Å². The van der Waals surface area contributed by atoms with Crippen molar-refractivity contribution in [1.29, 1.82) is 0 Å². The van der Waals surface area contributed by atoms with Crippen LogP contribution in [0.5, 0.6) is 0 Å².